The molecule has 1 heteroatoms. The molecule has 0 aliphatic carbocycles. The molecule has 0 heterocycles. The SMILES string of the molecule is C=C(/C=C\C=C(/C)Cc1ccccc1C)/C=C/CC.CS. The first-order chi connectivity index (χ1) is 10.1. The van der Waals surface area contributed by atoms with Crippen LogP contribution in [0.4, 0.5) is 0 Å². The zero-order valence-electron chi connectivity index (χ0n) is 13.8. The minimum absolute atomic E-state index is 1.01. The Balaban J connectivity index is 0.00000191. The van der Waals surface area contributed by atoms with Crippen molar-refractivity contribution < 1.29 is 0 Å². The predicted octanol–water partition coefficient (Wildman–Crippen LogP) is 6.11. The third kappa shape index (κ3) is 9.14. The topological polar surface area (TPSA) is 0 Å². The van der Waals surface area contributed by atoms with Gasteiger partial charge in [-0.25, -0.2) is 0 Å². The largest absolute Gasteiger partial charge is 0.183 e. The molecule has 21 heavy (non-hydrogen) atoms. The fraction of sp³-hybridized carbons (Fsp3) is 0.300. The van der Waals surface area contributed by atoms with Crippen molar-refractivity contribution >= 4 is 12.6 Å². The molecule has 1 aromatic carbocycles. The molecular formula is C20H28S. The van der Waals surface area contributed by atoms with Crippen LogP contribution in [0.15, 0.2) is 72.4 Å². The van der Waals surface area contributed by atoms with E-state index in [2.05, 4.69) is 88.5 Å². The van der Waals surface area contributed by atoms with E-state index >= 15 is 0 Å². The van der Waals surface area contributed by atoms with Crippen LogP contribution in [-0.4, -0.2) is 6.26 Å². The Bertz CT molecular complexity index is 504. The molecule has 1 aromatic rings. The smallest absolute Gasteiger partial charge is 0.00641 e. The Morgan fingerprint density at radius 3 is 2.48 bits per heavy atom. The average molecular weight is 301 g/mol. The molecule has 0 amide bonds. The first kappa shape index (κ1) is 19.5. The molecular weight excluding hydrogens is 272 g/mol. The van der Waals surface area contributed by atoms with Crippen molar-refractivity contribution in [2.45, 2.75) is 33.6 Å². The van der Waals surface area contributed by atoms with Crippen molar-refractivity contribution in [3.63, 3.8) is 0 Å². The second kappa shape index (κ2) is 12.3. The summed E-state index contributed by atoms with van der Waals surface area (Å²) in [5.41, 5.74) is 5.16. The van der Waals surface area contributed by atoms with Crippen LogP contribution in [0.5, 0.6) is 0 Å². The molecule has 0 aliphatic rings. The van der Waals surface area contributed by atoms with Crippen LogP contribution in [-0.2, 0) is 6.42 Å². The van der Waals surface area contributed by atoms with Gasteiger partial charge in [-0.15, -0.1) is 0 Å². The third-order valence-corrected chi connectivity index (χ3v) is 2.99. The summed E-state index contributed by atoms with van der Waals surface area (Å²) in [6.45, 7) is 10.4. The number of hydrogen-bond donors (Lipinski definition) is 1. The standard InChI is InChI=1S/C19H24.CH4S/c1-5-6-10-16(2)11-9-12-17(3)15-19-14-8-7-13-18(19)4;1-2/h6-14H,2,5,15H2,1,3-4H3;2H,1H3/b10-6+,11-9-,17-12+;. The molecule has 0 nitrogen and oxygen atoms in total. The Morgan fingerprint density at radius 2 is 1.86 bits per heavy atom. The van der Waals surface area contributed by atoms with Crippen LogP contribution in [0, 0.1) is 6.92 Å². The number of thiol groups is 1. The maximum atomic E-state index is 3.98. The highest BCUT2D eigenvalue weighted by atomic mass is 32.1. The Hall–Kier alpha value is -1.47. The quantitative estimate of drug-likeness (QED) is 0.475. The Labute approximate surface area is 136 Å². The molecule has 0 N–H and O–H groups in total. The molecule has 1 rings (SSSR count). The Kier molecular flexibility index (Phi) is 11.4. The van der Waals surface area contributed by atoms with E-state index in [1.54, 1.807) is 6.26 Å². The van der Waals surface area contributed by atoms with E-state index < -0.39 is 0 Å². The lowest BCUT2D eigenvalue weighted by Gasteiger charge is -2.04. The van der Waals surface area contributed by atoms with Crippen LogP contribution >= 0.6 is 12.6 Å². The summed E-state index contributed by atoms with van der Waals surface area (Å²) >= 11 is 3.53. The zero-order valence-corrected chi connectivity index (χ0v) is 14.7. The van der Waals surface area contributed by atoms with Gasteiger partial charge < -0.3 is 0 Å². The van der Waals surface area contributed by atoms with Gasteiger partial charge in [-0.1, -0.05) is 73.7 Å². The van der Waals surface area contributed by atoms with E-state index in [9.17, 15) is 0 Å². The van der Waals surface area contributed by atoms with Crippen LogP contribution in [0.2, 0.25) is 0 Å². The van der Waals surface area contributed by atoms with Crippen LogP contribution in [0.1, 0.15) is 31.4 Å². The summed E-state index contributed by atoms with van der Waals surface area (Å²) in [5, 5.41) is 0. The van der Waals surface area contributed by atoms with Gasteiger partial charge in [0.1, 0.15) is 0 Å². The molecule has 0 radical (unpaired) electrons. The van der Waals surface area contributed by atoms with E-state index in [0.29, 0.717) is 0 Å². The molecule has 0 fully saturated rings. The zero-order chi connectivity index (χ0) is 16.1. The average Bonchev–Trinajstić information content (AvgIpc) is 2.49. The number of hydrogen-bond acceptors (Lipinski definition) is 1. The fourth-order valence-corrected chi connectivity index (χ4v) is 1.83. The van der Waals surface area contributed by atoms with Crippen molar-refractivity contribution in [2.24, 2.45) is 0 Å². The molecule has 0 unspecified atom stereocenters. The molecule has 0 saturated carbocycles. The maximum Gasteiger partial charge on any atom is -0.00641 e. The van der Waals surface area contributed by atoms with Gasteiger partial charge in [0.25, 0.3) is 0 Å². The third-order valence-electron chi connectivity index (χ3n) is 2.99. The van der Waals surface area contributed by atoms with Gasteiger partial charge in [0, 0.05) is 0 Å². The number of benzene rings is 1. The summed E-state index contributed by atoms with van der Waals surface area (Å²) in [6, 6.07) is 8.54. The minimum Gasteiger partial charge on any atom is -0.183 e. The van der Waals surface area contributed by atoms with E-state index in [0.717, 1.165) is 18.4 Å². The summed E-state index contributed by atoms with van der Waals surface area (Å²) < 4.78 is 0. The molecule has 0 atom stereocenters. The second-order valence-electron chi connectivity index (χ2n) is 4.86. The molecule has 0 bridgehead atoms. The van der Waals surface area contributed by atoms with Crippen molar-refractivity contribution in [3.05, 3.63) is 83.5 Å². The predicted molar refractivity (Wildman–Crippen MR) is 101 cm³/mol. The van der Waals surface area contributed by atoms with Gasteiger partial charge in [-0.05, 0) is 49.6 Å². The van der Waals surface area contributed by atoms with Crippen LogP contribution in [0.3, 0.4) is 0 Å². The van der Waals surface area contributed by atoms with Gasteiger partial charge in [-0.3, -0.25) is 0 Å². The lowest BCUT2D eigenvalue weighted by molar-refractivity contribution is 1.12. The van der Waals surface area contributed by atoms with Crippen LogP contribution < -0.4 is 0 Å². The summed E-state index contributed by atoms with van der Waals surface area (Å²) in [5.74, 6) is 0. The summed E-state index contributed by atoms with van der Waals surface area (Å²) in [4.78, 5) is 0. The van der Waals surface area contributed by atoms with Gasteiger partial charge in [0.05, 0.1) is 0 Å². The van der Waals surface area contributed by atoms with E-state index in [1.165, 1.54) is 16.7 Å². The van der Waals surface area contributed by atoms with Crippen LogP contribution in [0.25, 0.3) is 0 Å². The summed E-state index contributed by atoms with van der Waals surface area (Å²) in [6.07, 6.45) is 14.2. The van der Waals surface area contributed by atoms with Gasteiger partial charge >= 0.3 is 0 Å². The highest BCUT2D eigenvalue weighted by Gasteiger charge is 1.97. The molecule has 0 aromatic heterocycles. The molecule has 114 valence electrons. The van der Waals surface area contributed by atoms with Crippen molar-refractivity contribution in [1.82, 2.24) is 0 Å². The first-order valence-electron chi connectivity index (χ1n) is 7.32. The molecule has 0 saturated heterocycles. The van der Waals surface area contributed by atoms with Crippen molar-refractivity contribution in [3.8, 4) is 0 Å². The molecule has 0 spiro atoms. The highest BCUT2D eigenvalue weighted by molar-refractivity contribution is 7.79. The van der Waals surface area contributed by atoms with Gasteiger partial charge in [0.15, 0.2) is 0 Å². The van der Waals surface area contributed by atoms with Gasteiger partial charge in [-0.2, -0.15) is 12.6 Å². The molecule has 0 aliphatic heterocycles. The van der Waals surface area contributed by atoms with Crippen molar-refractivity contribution in [2.75, 3.05) is 6.26 Å². The highest BCUT2D eigenvalue weighted by Crippen LogP contribution is 2.12. The lowest BCUT2D eigenvalue weighted by Crippen LogP contribution is -1.89. The number of allylic oxidation sites excluding steroid dienone is 7. The van der Waals surface area contributed by atoms with E-state index in [-0.39, 0.29) is 0 Å². The second-order valence-corrected chi connectivity index (χ2v) is 4.86. The minimum atomic E-state index is 1.01. The van der Waals surface area contributed by atoms with Gasteiger partial charge in [0.2, 0.25) is 0 Å². The fourth-order valence-electron chi connectivity index (χ4n) is 1.83. The monoisotopic (exact) mass is 300 g/mol. The number of aryl methyl sites for hydroxylation is 1. The van der Waals surface area contributed by atoms with E-state index in [4.69, 9.17) is 0 Å². The lowest BCUT2D eigenvalue weighted by atomic mass is 10.0. The van der Waals surface area contributed by atoms with Crippen molar-refractivity contribution in [1.29, 1.82) is 0 Å². The maximum absolute atomic E-state index is 3.98. The number of rotatable bonds is 6. The summed E-state index contributed by atoms with van der Waals surface area (Å²) in [7, 11) is 0. The normalized spacial score (nSPS) is 11.6. The van der Waals surface area contributed by atoms with E-state index in [1.807, 2.05) is 6.08 Å². The first-order valence-corrected chi connectivity index (χ1v) is 8.21. The Morgan fingerprint density at radius 1 is 1.19 bits per heavy atom.